The maximum absolute atomic E-state index is 13.0. The summed E-state index contributed by atoms with van der Waals surface area (Å²) >= 11 is 1.06. The predicted molar refractivity (Wildman–Crippen MR) is 122 cm³/mol. The number of carbonyl (C=O) groups excluding carboxylic acids is 1. The van der Waals surface area contributed by atoms with E-state index in [2.05, 4.69) is 10.3 Å². The summed E-state index contributed by atoms with van der Waals surface area (Å²) in [5.41, 5.74) is -0.126. The van der Waals surface area contributed by atoms with Crippen molar-refractivity contribution < 1.29 is 19.2 Å². The molecule has 0 aliphatic carbocycles. The Kier molecular flexibility index (Phi) is 7.08. The molecule has 0 fully saturated rings. The van der Waals surface area contributed by atoms with Crippen molar-refractivity contribution in [1.82, 2.24) is 9.55 Å². The van der Waals surface area contributed by atoms with Gasteiger partial charge in [0.05, 0.1) is 40.8 Å². The zero-order chi connectivity index (χ0) is 23.4. The summed E-state index contributed by atoms with van der Waals surface area (Å²) in [5, 5.41) is 14.6. The Labute approximate surface area is 187 Å². The lowest BCUT2D eigenvalue weighted by molar-refractivity contribution is -0.384. The van der Waals surface area contributed by atoms with Crippen LogP contribution >= 0.6 is 11.3 Å². The Hall–Kier alpha value is -3.47. The van der Waals surface area contributed by atoms with Crippen molar-refractivity contribution in [2.45, 2.75) is 33.6 Å². The number of ether oxygens (including phenoxy) is 2. The average molecular weight is 461 g/mol. The number of rotatable bonds is 9. The van der Waals surface area contributed by atoms with Crippen LogP contribution in [0.25, 0.3) is 10.2 Å². The SMILES string of the molecule is CCCOc1cc(NC(=O)c2sc3ncn(C)c(=O)c3c2C)c([N+](=O)[O-])cc1OCCC. The number of nitro benzene ring substituents is 1. The van der Waals surface area contributed by atoms with Gasteiger partial charge >= 0.3 is 0 Å². The van der Waals surface area contributed by atoms with Crippen molar-refractivity contribution in [3.05, 3.63) is 49.4 Å². The van der Waals surface area contributed by atoms with E-state index < -0.39 is 10.8 Å². The molecule has 0 saturated heterocycles. The first-order valence-corrected chi connectivity index (χ1v) is 10.9. The first kappa shape index (κ1) is 23.2. The quantitative estimate of drug-likeness (QED) is 0.377. The van der Waals surface area contributed by atoms with Gasteiger partial charge in [-0.1, -0.05) is 13.8 Å². The molecular formula is C21H24N4O6S. The summed E-state index contributed by atoms with van der Waals surface area (Å²) in [7, 11) is 1.58. The van der Waals surface area contributed by atoms with E-state index in [4.69, 9.17) is 9.47 Å². The molecule has 10 nitrogen and oxygen atoms in total. The van der Waals surface area contributed by atoms with Gasteiger partial charge in [-0.05, 0) is 25.3 Å². The number of aryl methyl sites for hydroxylation is 2. The van der Waals surface area contributed by atoms with Crippen LogP contribution in [0.4, 0.5) is 11.4 Å². The van der Waals surface area contributed by atoms with Crippen LogP contribution in [-0.4, -0.2) is 33.6 Å². The third-order valence-electron chi connectivity index (χ3n) is 4.65. The van der Waals surface area contributed by atoms with Gasteiger partial charge in [-0.15, -0.1) is 11.3 Å². The zero-order valence-electron chi connectivity index (χ0n) is 18.3. The van der Waals surface area contributed by atoms with Crippen molar-refractivity contribution in [3.63, 3.8) is 0 Å². The summed E-state index contributed by atoms with van der Waals surface area (Å²) in [6.07, 6.45) is 2.84. The van der Waals surface area contributed by atoms with Crippen molar-refractivity contribution in [1.29, 1.82) is 0 Å². The van der Waals surface area contributed by atoms with Crippen LogP contribution in [0, 0.1) is 17.0 Å². The molecule has 11 heteroatoms. The summed E-state index contributed by atoms with van der Waals surface area (Å²) < 4.78 is 12.6. The van der Waals surface area contributed by atoms with E-state index in [1.807, 2.05) is 13.8 Å². The number of amides is 1. The normalized spacial score (nSPS) is 10.9. The molecule has 0 aliphatic rings. The van der Waals surface area contributed by atoms with Crippen LogP contribution in [0.1, 0.15) is 41.9 Å². The number of aromatic nitrogens is 2. The van der Waals surface area contributed by atoms with Crippen molar-refractivity contribution in [2.24, 2.45) is 7.05 Å². The Balaban J connectivity index is 2.03. The Morgan fingerprint density at radius 1 is 1.22 bits per heavy atom. The molecule has 1 aromatic carbocycles. The van der Waals surface area contributed by atoms with Crippen LogP contribution in [0.3, 0.4) is 0 Å². The van der Waals surface area contributed by atoms with Gasteiger partial charge in [0.2, 0.25) is 0 Å². The van der Waals surface area contributed by atoms with Crippen LogP contribution in [0.2, 0.25) is 0 Å². The van der Waals surface area contributed by atoms with E-state index in [1.165, 1.54) is 23.0 Å². The third-order valence-corrected chi connectivity index (χ3v) is 5.85. The molecule has 0 radical (unpaired) electrons. The fourth-order valence-electron chi connectivity index (χ4n) is 3.05. The van der Waals surface area contributed by atoms with Crippen LogP contribution in [0.15, 0.2) is 23.3 Å². The first-order valence-electron chi connectivity index (χ1n) is 10.1. The number of fused-ring (bicyclic) bond motifs is 1. The average Bonchev–Trinajstić information content (AvgIpc) is 3.10. The fraction of sp³-hybridized carbons (Fsp3) is 0.381. The summed E-state index contributed by atoms with van der Waals surface area (Å²) in [5.74, 6) is -0.0140. The number of hydrogen-bond donors (Lipinski definition) is 1. The molecule has 0 spiro atoms. The summed E-state index contributed by atoms with van der Waals surface area (Å²) in [6, 6.07) is 2.65. The van der Waals surface area contributed by atoms with Crippen molar-refractivity contribution >= 4 is 38.8 Å². The second-order valence-electron chi connectivity index (χ2n) is 7.12. The van der Waals surface area contributed by atoms with E-state index >= 15 is 0 Å². The molecule has 2 heterocycles. The lowest BCUT2D eigenvalue weighted by atomic mass is 10.2. The van der Waals surface area contributed by atoms with Gasteiger partial charge < -0.3 is 19.4 Å². The zero-order valence-corrected chi connectivity index (χ0v) is 19.1. The van der Waals surface area contributed by atoms with E-state index in [0.29, 0.717) is 34.7 Å². The molecule has 3 aromatic rings. The lowest BCUT2D eigenvalue weighted by Crippen LogP contribution is -2.17. The topological polar surface area (TPSA) is 126 Å². The van der Waals surface area contributed by atoms with Crippen LogP contribution < -0.4 is 20.3 Å². The standard InChI is InChI=1S/C21H24N4O6S/c1-5-7-30-15-9-13(14(25(28)29)10-16(15)31-8-6-2)23-19(26)18-12(3)17-20(32-18)22-11-24(4)21(17)27/h9-11H,5-8H2,1-4H3,(H,23,26). The summed E-state index contributed by atoms with van der Waals surface area (Å²) in [4.78, 5) is 41.4. The number of nitrogens with zero attached hydrogens (tertiary/aromatic N) is 3. The molecule has 0 unspecified atom stereocenters. The molecule has 1 N–H and O–H groups in total. The summed E-state index contributed by atoms with van der Waals surface area (Å²) in [6.45, 7) is 6.27. The second kappa shape index (κ2) is 9.77. The maximum atomic E-state index is 13.0. The Morgan fingerprint density at radius 2 is 1.84 bits per heavy atom. The second-order valence-corrected chi connectivity index (χ2v) is 8.12. The molecule has 3 rings (SSSR count). The van der Waals surface area contributed by atoms with Gasteiger partial charge in [-0.3, -0.25) is 19.7 Å². The minimum Gasteiger partial charge on any atom is -0.490 e. The van der Waals surface area contributed by atoms with Gasteiger partial charge in [0.1, 0.15) is 10.5 Å². The molecule has 32 heavy (non-hydrogen) atoms. The number of benzene rings is 1. The van der Waals surface area contributed by atoms with E-state index in [1.54, 1.807) is 14.0 Å². The maximum Gasteiger partial charge on any atom is 0.296 e. The number of thiophene rings is 1. The largest absolute Gasteiger partial charge is 0.490 e. The number of nitrogens with one attached hydrogen (secondary N) is 1. The van der Waals surface area contributed by atoms with Gasteiger partial charge in [-0.25, -0.2) is 4.98 Å². The van der Waals surface area contributed by atoms with E-state index in [-0.39, 0.29) is 27.6 Å². The Morgan fingerprint density at radius 3 is 2.44 bits per heavy atom. The van der Waals surface area contributed by atoms with Gasteiger partial charge in [-0.2, -0.15) is 0 Å². The van der Waals surface area contributed by atoms with E-state index in [0.717, 1.165) is 24.2 Å². The van der Waals surface area contributed by atoms with E-state index in [9.17, 15) is 19.7 Å². The monoisotopic (exact) mass is 460 g/mol. The van der Waals surface area contributed by atoms with Gasteiger partial charge in [0, 0.05) is 13.1 Å². The lowest BCUT2D eigenvalue weighted by Gasteiger charge is -2.14. The Bertz CT molecular complexity index is 1230. The molecule has 2 aromatic heterocycles. The molecule has 0 bridgehead atoms. The molecule has 1 amide bonds. The molecular weight excluding hydrogens is 436 g/mol. The number of hydrogen-bond acceptors (Lipinski definition) is 8. The van der Waals surface area contributed by atoms with Crippen molar-refractivity contribution in [2.75, 3.05) is 18.5 Å². The number of carbonyl (C=O) groups is 1. The third kappa shape index (κ3) is 4.57. The number of anilines is 1. The van der Waals surface area contributed by atoms with Crippen LogP contribution in [0.5, 0.6) is 11.5 Å². The van der Waals surface area contributed by atoms with Crippen molar-refractivity contribution in [3.8, 4) is 11.5 Å². The predicted octanol–water partition coefficient (Wildman–Crippen LogP) is 4.04. The molecule has 0 atom stereocenters. The smallest absolute Gasteiger partial charge is 0.296 e. The minimum atomic E-state index is -0.590. The highest BCUT2D eigenvalue weighted by atomic mass is 32.1. The fourth-order valence-corrected chi connectivity index (χ4v) is 4.09. The van der Waals surface area contributed by atoms with Gasteiger partial charge in [0.15, 0.2) is 11.5 Å². The van der Waals surface area contributed by atoms with Gasteiger partial charge in [0.25, 0.3) is 17.2 Å². The highest BCUT2D eigenvalue weighted by Crippen LogP contribution is 2.39. The molecule has 170 valence electrons. The number of nitro groups is 1. The first-order chi connectivity index (χ1) is 15.3. The molecule has 0 saturated carbocycles. The van der Waals surface area contributed by atoms with Crippen LogP contribution in [-0.2, 0) is 7.05 Å². The highest BCUT2D eigenvalue weighted by molar-refractivity contribution is 7.20. The molecule has 0 aliphatic heterocycles. The highest BCUT2D eigenvalue weighted by Gasteiger charge is 2.25. The minimum absolute atomic E-state index is 0.0207.